The summed E-state index contributed by atoms with van der Waals surface area (Å²) in [6, 6.07) is 0. The minimum atomic E-state index is -0.385. The van der Waals surface area contributed by atoms with Crippen LogP contribution in [0.4, 0.5) is 0 Å². The smallest absolute Gasteiger partial charge is 0.155 e. The number of alkyl halides is 1. The Hall–Kier alpha value is -0.440. The summed E-state index contributed by atoms with van der Waals surface area (Å²) in [4.78, 5) is 23.6. The van der Waals surface area contributed by atoms with E-state index in [4.69, 9.17) is 0 Å². The first-order valence-electron chi connectivity index (χ1n) is 10.1. The van der Waals surface area contributed by atoms with E-state index in [1.54, 1.807) is 0 Å². The summed E-state index contributed by atoms with van der Waals surface area (Å²) in [7, 11) is 0. The predicted molar refractivity (Wildman–Crippen MR) is 104 cm³/mol. The zero-order valence-electron chi connectivity index (χ0n) is 15.8. The van der Waals surface area contributed by atoms with Gasteiger partial charge in [0.05, 0.1) is 4.32 Å². The van der Waals surface area contributed by atoms with Crippen LogP contribution in [0.2, 0.25) is 0 Å². The molecule has 138 valence electrons. The highest BCUT2D eigenvalue weighted by molar-refractivity contribution is 9.10. The van der Waals surface area contributed by atoms with Gasteiger partial charge in [-0.3, -0.25) is 4.79 Å². The highest BCUT2D eigenvalue weighted by atomic mass is 79.9. The van der Waals surface area contributed by atoms with Gasteiger partial charge >= 0.3 is 0 Å². The standard InChI is InChI=1S/C22H31BrO2/c1-20-10-8-15(25)12-14(20)4-5-16-17-6-7-19(22(3,23)13-24)21(17,2)11-9-18(16)20/h12-13,16-19H,4-11H2,1-3H3. The lowest BCUT2D eigenvalue weighted by atomic mass is 9.46. The van der Waals surface area contributed by atoms with Crippen LogP contribution < -0.4 is 0 Å². The molecule has 4 rings (SSSR count). The molecule has 0 aromatic heterocycles. The molecule has 7 atom stereocenters. The maximum Gasteiger partial charge on any atom is 0.155 e. The predicted octanol–water partition coefficient (Wildman–Crippen LogP) is 5.49. The van der Waals surface area contributed by atoms with Crippen molar-refractivity contribution in [1.82, 2.24) is 0 Å². The summed E-state index contributed by atoms with van der Waals surface area (Å²) in [6.07, 6.45) is 12.2. The second kappa shape index (κ2) is 5.78. The molecule has 0 aromatic carbocycles. The number of hydrogen-bond donors (Lipinski definition) is 0. The van der Waals surface area contributed by atoms with E-state index in [2.05, 4.69) is 36.7 Å². The number of carbonyl (C=O) groups excluding carboxylic acids is 2. The Morgan fingerprint density at radius 3 is 2.60 bits per heavy atom. The van der Waals surface area contributed by atoms with Gasteiger partial charge in [-0.25, -0.2) is 0 Å². The Labute approximate surface area is 160 Å². The summed E-state index contributed by atoms with van der Waals surface area (Å²) in [5.41, 5.74) is 1.97. The molecule has 3 fully saturated rings. The van der Waals surface area contributed by atoms with Gasteiger partial charge in [-0.1, -0.05) is 35.4 Å². The average Bonchev–Trinajstić information content (AvgIpc) is 2.93. The molecule has 4 aliphatic carbocycles. The summed E-state index contributed by atoms with van der Waals surface area (Å²) >= 11 is 3.75. The van der Waals surface area contributed by atoms with Crippen molar-refractivity contribution >= 4 is 28.0 Å². The topological polar surface area (TPSA) is 34.1 Å². The van der Waals surface area contributed by atoms with E-state index in [0.29, 0.717) is 11.7 Å². The van der Waals surface area contributed by atoms with Crippen molar-refractivity contribution in [2.24, 2.45) is 34.5 Å². The lowest BCUT2D eigenvalue weighted by Crippen LogP contribution is -2.52. The van der Waals surface area contributed by atoms with E-state index >= 15 is 0 Å². The van der Waals surface area contributed by atoms with E-state index in [-0.39, 0.29) is 15.2 Å². The minimum Gasteiger partial charge on any atom is -0.302 e. The maximum absolute atomic E-state index is 11.9. The lowest BCUT2D eigenvalue weighted by Gasteiger charge is -2.58. The monoisotopic (exact) mass is 406 g/mol. The molecule has 4 aliphatic rings. The Balaban J connectivity index is 1.66. The van der Waals surface area contributed by atoms with Crippen LogP contribution in [-0.2, 0) is 9.59 Å². The first-order chi connectivity index (χ1) is 11.7. The number of rotatable bonds is 2. The SMILES string of the molecule is CC(Br)(C=O)C1CCC2C3CCC4=CC(=O)CCC4(C)C3CCC21C. The third kappa shape index (κ3) is 2.47. The fourth-order valence-corrected chi connectivity index (χ4v) is 8.32. The largest absolute Gasteiger partial charge is 0.302 e. The molecule has 0 aliphatic heterocycles. The third-order valence-electron chi connectivity index (χ3n) is 8.87. The van der Waals surface area contributed by atoms with Crippen molar-refractivity contribution in [3.05, 3.63) is 11.6 Å². The number of halogens is 1. The number of aldehydes is 1. The van der Waals surface area contributed by atoms with Crippen LogP contribution in [0.15, 0.2) is 11.6 Å². The van der Waals surface area contributed by atoms with Gasteiger partial charge < -0.3 is 4.79 Å². The van der Waals surface area contributed by atoms with Crippen molar-refractivity contribution in [3.63, 3.8) is 0 Å². The highest BCUT2D eigenvalue weighted by Gasteiger charge is 2.61. The van der Waals surface area contributed by atoms with Gasteiger partial charge in [-0.05, 0) is 92.4 Å². The first kappa shape index (κ1) is 17.9. The third-order valence-corrected chi connectivity index (χ3v) is 9.61. The zero-order chi connectivity index (χ0) is 18.0. The molecule has 0 radical (unpaired) electrons. The molecule has 3 saturated carbocycles. The maximum atomic E-state index is 11.9. The van der Waals surface area contributed by atoms with Crippen LogP contribution in [0.1, 0.15) is 72.1 Å². The second-order valence-corrected chi connectivity index (χ2v) is 11.6. The van der Waals surface area contributed by atoms with Crippen LogP contribution in [0.5, 0.6) is 0 Å². The molecule has 0 bridgehead atoms. The molecule has 7 unspecified atom stereocenters. The Bertz CT molecular complexity index is 636. The highest BCUT2D eigenvalue weighted by Crippen LogP contribution is 2.68. The van der Waals surface area contributed by atoms with Gasteiger partial charge in [0, 0.05) is 6.42 Å². The van der Waals surface area contributed by atoms with E-state index in [1.807, 2.05) is 6.08 Å². The van der Waals surface area contributed by atoms with Crippen LogP contribution >= 0.6 is 15.9 Å². The summed E-state index contributed by atoms with van der Waals surface area (Å²) in [5.74, 6) is 3.03. The minimum absolute atomic E-state index is 0.249. The van der Waals surface area contributed by atoms with E-state index in [9.17, 15) is 9.59 Å². The Kier molecular flexibility index (Phi) is 4.15. The fourth-order valence-electron chi connectivity index (χ4n) is 7.57. The zero-order valence-corrected chi connectivity index (χ0v) is 17.4. The average molecular weight is 407 g/mol. The molecular weight excluding hydrogens is 376 g/mol. The van der Waals surface area contributed by atoms with Gasteiger partial charge in [0.2, 0.25) is 0 Å². The van der Waals surface area contributed by atoms with Crippen LogP contribution in [0.3, 0.4) is 0 Å². The molecule has 0 saturated heterocycles. The van der Waals surface area contributed by atoms with Crippen molar-refractivity contribution in [1.29, 1.82) is 0 Å². The normalized spacial score (nSPS) is 48.6. The molecule has 0 spiro atoms. The van der Waals surface area contributed by atoms with Gasteiger partial charge in [0.15, 0.2) is 5.78 Å². The summed E-state index contributed by atoms with van der Waals surface area (Å²) < 4.78 is -0.385. The lowest BCUT2D eigenvalue weighted by molar-refractivity contribution is -0.117. The van der Waals surface area contributed by atoms with E-state index in [1.165, 1.54) is 37.7 Å². The summed E-state index contributed by atoms with van der Waals surface area (Å²) in [6.45, 7) is 6.98. The molecule has 0 amide bonds. The molecule has 0 N–H and O–H groups in total. The molecule has 2 nitrogen and oxygen atoms in total. The van der Waals surface area contributed by atoms with Gasteiger partial charge in [0.1, 0.15) is 6.29 Å². The van der Waals surface area contributed by atoms with E-state index < -0.39 is 0 Å². The second-order valence-electron chi connectivity index (χ2n) is 9.91. The number of fused-ring (bicyclic) bond motifs is 5. The number of carbonyl (C=O) groups is 2. The quantitative estimate of drug-likeness (QED) is 0.448. The summed E-state index contributed by atoms with van der Waals surface area (Å²) in [5, 5.41) is 0. The van der Waals surface area contributed by atoms with Crippen molar-refractivity contribution in [2.75, 3.05) is 0 Å². The number of ketones is 1. The van der Waals surface area contributed by atoms with Crippen LogP contribution in [0, 0.1) is 34.5 Å². The fraction of sp³-hybridized carbons (Fsp3) is 0.818. The number of allylic oxidation sites excluding steroid dienone is 1. The molecule has 0 heterocycles. The van der Waals surface area contributed by atoms with Crippen molar-refractivity contribution in [2.45, 2.75) is 76.5 Å². The van der Waals surface area contributed by atoms with Crippen LogP contribution in [0.25, 0.3) is 0 Å². The molecule has 3 heteroatoms. The molecule has 0 aromatic rings. The number of hydrogen-bond acceptors (Lipinski definition) is 2. The molecule has 25 heavy (non-hydrogen) atoms. The van der Waals surface area contributed by atoms with Crippen molar-refractivity contribution in [3.8, 4) is 0 Å². The Morgan fingerprint density at radius 1 is 1.12 bits per heavy atom. The van der Waals surface area contributed by atoms with Gasteiger partial charge in [-0.15, -0.1) is 0 Å². The molecular formula is C22H31BrO2. The van der Waals surface area contributed by atoms with E-state index in [0.717, 1.165) is 43.3 Å². The van der Waals surface area contributed by atoms with Crippen molar-refractivity contribution < 1.29 is 9.59 Å². The first-order valence-corrected chi connectivity index (χ1v) is 10.9. The van der Waals surface area contributed by atoms with Crippen LogP contribution in [-0.4, -0.2) is 16.4 Å². The van der Waals surface area contributed by atoms with Gasteiger partial charge in [-0.2, -0.15) is 0 Å². The Morgan fingerprint density at radius 2 is 1.88 bits per heavy atom. The van der Waals surface area contributed by atoms with Gasteiger partial charge in [0.25, 0.3) is 0 Å².